The second kappa shape index (κ2) is 8.29. The Morgan fingerprint density at radius 2 is 1.82 bits per heavy atom. The van der Waals surface area contributed by atoms with Gasteiger partial charge in [-0.1, -0.05) is 33.8 Å². The summed E-state index contributed by atoms with van der Waals surface area (Å²) in [7, 11) is 1.34. The molecule has 0 saturated carbocycles. The minimum absolute atomic E-state index is 0.130. The van der Waals surface area contributed by atoms with Gasteiger partial charge in [-0.2, -0.15) is 0 Å². The summed E-state index contributed by atoms with van der Waals surface area (Å²) in [6.45, 7) is 17.3. The summed E-state index contributed by atoms with van der Waals surface area (Å²) in [4.78, 5) is 22.0. The van der Waals surface area contributed by atoms with E-state index in [0.29, 0.717) is 12.4 Å². The Labute approximate surface area is 169 Å². The van der Waals surface area contributed by atoms with Crippen molar-refractivity contribution in [2.75, 3.05) is 18.6 Å². The van der Waals surface area contributed by atoms with Gasteiger partial charge in [-0.3, -0.25) is 4.99 Å². The number of aliphatic imine (C=N–C) groups is 2. The molecule has 1 aromatic rings. The molecule has 0 fully saturated rings. The van der Waals surface area contributed by atoms with E-state index in [4.69, 9.17) is 4.74 Å². The summed E-state index contributed by atoms with van der Waals surface area (Å²) in [5.41, 5.74) is 4.44. The molecule has 5 nitrogen and oxygen atoms in total. The third kappa shape index (κ3) is 4.34. The number of carbonyl (C=O) groups excluding carboxylic acids is 1. The molecule has 0 unspecified atom stereocenters. The van der Waals surface area contributed by atoms with Gasteiger partial charge in [0.05, 0.1) is 13.3 Å². The second-order valence-corrected chi connectivity index (χ2v) is 8.59. The van der Waals surface area contributed by atoms with E-state index in [0.717, 1.165) is 12.1 Å². The molecule has 0 heterocycles. The van der Waals surface area contributed by atoms with Crippen LogP contribution in [0.1, 0.15) is 65.5 Å². The number of ether oxygens (including phenoxy) is 1. The molecular weight excluding hydrogens is 350 g/mol. The summed E-state index contributed by atoms with van der Waals surface area (Å²) in [6, 6.07) is 6.66. The number of benzene rings is 1. The van der Waals surface area contributed by atoms with Crippen LogP contribution in [0.2, 0.25) is 0 Å². The van der Waals surface area contributed by atoms with Gasteiger partial charge in [-0.15, -0.1) is 0 Å². The van der Waals surface area contributed by atoms with Crippen LogP contribution < -0.4 is 4.90 Å². The van der Waals surface area contributed by atoms with Crippen LogP contribution in [0.5, 0.6) is 0 Å². The molecule has 0 spiro atoms. The summed E-state index contributed by atoms with van der Waals surface area (Å²) in [5.74, 6) is 0.138. The number of nitrogens with zero attached hydrogens (tertiary/aromatic N) is 3. The number of carbonyl (C=O) groups is 1. The number of anilines is 1. The van der Waals surface area contributed by atoms with Gasteiger partial charge < -0.3 is 9.64 Å². The zero-order valence-electron chi connectivity index (χ0n) is 18.3. The first-order chi connectivity index (χ1) is 13.1. The SMILES string of the molecule is C=N/C(=C\N=C(C)C(=O)OC)N(CC)c1ccc2c(c1)C(C)(C)CCC2(C)C. The predicted molar refractivity (Wildman–Crippen MR) is 118 cm³/mol. The van der Waals surface area contributed by atoms with Gasteiger partial charge >= 0.3 is 5.97 Å². The third-order valence-corrected chi connectivity index (χ3v) is 5.76. The summed E-state index contributed by atoms with van der Waals surface area (Å²) >= 11 is 0. The van der Waals surface area contributed by atoms with Crippen LogP contribution in [-0.4, -0.2) is 32.1 Å². The molecule has 0 bridgehead atoms. The quantitative estimate of drug-likeness (QED) is 0.513. The van der Waals surface area contributed by atoms with Crippen LogP contribution in [-0.2, 0) is 20.4 Å². The number of fused-ring (bicyclic) bond motifs is 1. The van der Waals surface area contributed by atoms with Crippen LogP contribution in [0.25, 0.3) is 0 Å². The van der Waals surface area contributed by atoms with E-state index < -0.39 is 5.97 Å². The summed E-state index contributed by atoms with van der Waals surface area (Å²) in [6.07, 6.45) is 3.91. The van der Waals surface area contributed by atoms with Crippen molar-refractivity contribution in [3.05, 3.63) is 41.3 Å². The topological polar surface area (TPSA) is 54.3 Å². The van der Waals surface area contributed by atoms with Crippen molar-refractivity contribution in [3.63, 3.8) is 0 Å². The molecule has 0 saturated heterocycles. The first-order valence-corrected chi connectivity index (χ1v) is 9.79. The van der Waals surface area contributed by atoms with E-state index in [2.05, 4.69) is 74.4 Å². The first kappa shape index (κ1) is 21.9. The Balaban J connectivity index is 2.49. The third-order valence-electron chi connectivity index (χ3n) is 5.76. The highest BCUT2D eigenvalue weighted by Gasteiger charge is 2.37. The van der Waals surface area contributed by atoms with Gasteiger partial charge in [0, 0.05) is 12.2 Å². The molecule has 2 rings (SSSR count). The minimum atomic E-state index is -0.458. The van der Waals surface area contributed by atoms with E-state index in [1.807, 2.05) is 0 Å². The minimum Gasteiger partial charge on any atom is -0.465 e. The van der Waals surface area contributed by atoms with Gasteiger partial charge in [0.25, 0.3) is 0 Å². The Hall–Kier alpha value is -2.43. The summed E-state index contributed by atoms with van der Waals surface area (Å²) in [5, 5.41) is 0. The Kier molecular flexibility index (Phi) is 6.48. The molecule has 1 aliphatic rings. The van der Waals surface area contributed by atoms with E-state index >= 15 is 0 Å². The lowest BCUT2D eigenvalue weighted by atomic mass is 9.63. The second-order valence-electron chi connectivity index (χ2n) is 8.59. The molecule has 1 aliphatic carbocycles. The van der Waals surface area contributed by atoms with Crippen LogP contribution in [0, 0.1) is 0 Å². The molecule has 1 aromatic carbocycles. The molecule has 0 amide bonds. The molecule has 0 aliphatic heterocycles. The van der Waals surface area contributed by atoms with E-state index in [-0.39, 0.29) is 16.5 Å². The molecule has 0 aromatic heterocycles. The van der Waals surface area contributed by atoms with Gasteiger partial charge in [0.1, 0.15) is 5.71 Å². The van der Waals surface area contributed by atoms with Gasteiger partial charge in [0.15, 0.2) is 5.82 Å². The van der Waals surface area contributed by atoms with Crippen molar-refractivity contribution in [2.24, 2.45) is 9.98 Å². The number of rotatable bonds is 6. The fraction of sp³-hybridized carbons (Fsp3) is 0.522. The fourth-order valence-electron chi connectivity index (χ4n) is 3.77. The summed E-state index contributed by atoms with van der Waals surface area (Å²) < 4.78 is 4.70. The van der Waals surface area contributed by atoms with Crippen molar-refractivity contribution in [3.8, 4) is 0 Å². The van der Waals surface area contributed by atoms with E-state index in [1.165, 1.54) is 24.7 Å². The molecule has 0 N–H and O–H groups in total. The predicted octanol–water partition coefficient (Wildman–Crippen LogP) is 5.00. The zero-order valence-corrected chi connectivity index (χ0v) is 18.3. The lowest BCUT2D eigenvalue weighted by Crippen LogP contribution is -2.34. The Morgan fingerprint density at radius 3 is 2.36 bits per heavy atom. The number of hydrogen-bond donors (Lipinski definition) is 0. The average Bonchev–Trinajstić information content (AvgIpc) is 2.67. The van der Waals surface area contributed by atoms with Gasteiger partial charge in [-0.05, 0) is 67.5 Å². The van der Waals surface area contributed by atoms with Crippen molar-refractivity contribution < 1.29 is 9.53 Å². The fourth-order valence-corrected chi connectivity index (χ4v) is 3.77. The zero-order chi connectivity index (χ0) is 21.1. The monoisotopic (exact) mass is 383 g/mol. The highest BCUT2D eigenvalue weighted by Crippen LogP contribution is 2.46. The van der Waals surface area contributed by atoms with Gasteiger partial charge in [-0.25, -0.2) is 9.79 Å². The number of esters is 1. The number of methoxy groups -OCH3 is 1. The standard InChI is InChI=1S/C23H33N3O2/c1-9-26(20(24-7)15-25-16(2)21(27)28-8)17-10-11-18-19(14-17)23(5,6)13-12-22(18,3)4/h10-11,14-15H,7,9,12-13H2,1-6,8H3/b20-15+,25-16?. The van der Waals surface area contributed by atoms with Crippen molar-refractivity contribution in [2.45, 2.75) is 65.2 Å². The first-order valence-electron chi connectivity index (χ1n) is 9.79. The lowest BCUT2D eigenvalue weighted by Gasteiger charge is -2.42. The highest BCUT2D eigenvalue weighted by atomic mass is 16.5. The maximum absolute atomic E-state index is 11.6. The molecule has 5 heteroatoms. The number of hydrogen-bond acceptors (Lipinski definition) is 5. The van der Waals surface area contributed by atoms with Crippen LogP contribution in [0.4, 0.5) is 5.69 Å². The van der Waals surface area contributed by atoms with E-state index in [1.54, 1.807) is 13.1 Å². The molecule has 0 radical (unpaired) electrons. The van der Waals surface area contributed by atoms with Crippen LogP contribution in [0.15, 0.2) is 40.2 Å². The normalized spacial score (nSPS) is 18.2. The largest absolute Gasteiger partial charge is 0.465 e. The van der Waals surface area contributed by atoms with Gasteiger partial charge in [0.2, 0.25) is 0 Å². The highest BCUT2D eigenvalue weighted by molar-refractivity contribution is 6.35. The van der Waals surface area contributed by atoms with Crippen molar-refractivity contribution in [1.82, 2.24) is 0 Å². The average molecular weight is 384 g/mol. The molecule has 0 atom stereocenters. The van der Waals surface area contributed by atoms with Crippen LogP contribution >= 0.6 is 0 Å². The molecule has 152 valence electrons. The molecular formula is C23H33N3O2. The smallest absolute Gasteiger partial charge is 0.352 e. The maximum Gasteiger partial charge on any atom is 0.352 e. The Morgan fingerprint density at radius 1 is 1.21 bits per heavy atom. The van der Waals surface area contributed by atoms with Crippen molar-refractivity contribution >= 4 is 24.1 Å². The molecule has 28 heavy (non-hydrogen) atoms. The van der Waals surface area contributed by atoms with E-state index in [9.17, 15) is 4.79 Å². The lowest BCUT2D eigenvalue weighted by molar-refractivity contribution is -0.132. The van der Waals surface area contributed by atoms with Crippen molar-refractivity contribution in [1.29, 1.82) is 0 Å². The Bertz CT molecular complexity index is 819. The maximum atomic E-state index is 11.6. The van der Waals surface area contributed by atoms with Crippen LogP contribution in [0.3, 0.4) is 0 Å².